The first-order chi connectivity index (χ1) is 9.57. The molecular weight excluding hydrogens is 252 g/mol. The van der Waals surface area contributed by atoms with Crippen molar-refractivity contribution in [3.05, 3.63) is 0 Å². The minimum absolute atomic E-state index is 0.156. The lowest BCUT2D eigenvalue weighted by molar-refractivity contribution is -0.177. The summed E-state index contributed by atoms with van der Waals surface area (Å²) in [5.74, 6) is 0.270. The molecule has 1 saturated carbocycles. The molecule has 20 heavy (non-hydrogen) atoms. The van der Waals surface area contributed by atoms with Gasteiger partial charge >= 0.3 is 0 Å². The van der Waals surface area contributed by atoms with E-state index in [2.05, 4.69) is 26.1 Å². The van der Waals surface area contributed by atoms with Crippen LogP contribution in [0.4, 0.5) is 0 Å². The van der Waals surface area contributed by atoms with Crippen LogP contribution in [0.3, 0.4) is 0 Å². The summed E-state index contributed by atoms with van der Waals surface area (Å²) in [5, 5.41) is 3.09. The quantitative estimate of drug-likeness (QED) is 0.661. The average molecular weight is 284 g/mol. The van der Waals surface area contributed by atoms with Crippen molar-refractivity contribution in [1.29, 1.82) is 0 Å². The number of rotatable bonds is 9. The van der Waals surface area contributed by atoms with Gasteiger partial charge in [-0.05, 0) is 46.2 Å². The van der Waals surface area contributed by atoms with E-state index in [1.165, 1.54) is 0 Å². The van der Waals surface area contributed by atoms with Crippen LogP contribution >= 0.6 is 0 Å². The van der Waals surface area contributed by atoms with E-state index >= 15 is 0 Å². The zero-order valence-corrected chi connectivity index (χ0v) is 13.9. The summed E-state index contributed by atoms with van der Waals surface area (Å²) >= 11 is 0. The lowest BCUT2D eigenvalue weighted by atomic mass is 9.58. The standard InChI is InChI=1S/C16H32N2O2/c1-6-16(7-2)13(12-14(16)20-8-3)18(5)15(19)10-9-11-17-4/h13-14,17H,6-12H2,1-5H3. The van der Waals surface area contributed by atoms with Crippen molar-refractivity contribution in [2.75, 3.05) is 27.2 Å². The lowest BCUT2D eigenvalue weighted by Gasteiger charge is -2.58. The second kappa shape index (κ2) is 7.99. The van der Waals surface area contributed by atoms with Gasteiger partial charge < -0.3 is 15.0 Å². The van der Waals surface area contributed by atoms with E-state index < -0.39 is 0 Å². The van der Waals surface area contributed by atoms with E-state index in [4.69, 9.17) is 4.74 Å². The number of hydrogen-bond acceptors (Lipinski definition) is 3. The predicted molar refractivity (Wildman–Crippen MR) is 82.8 cm³/mol. The first-order valence-electron chi connectivity index (χ1n) is 8.09. The summed E-state index contributed by atoms with van der Waals surface area (Å²) in [4.78, 5) is 14.3. The summed E-state index contributed by atoms with van der Waals surface area (Å²) < 4.78 is 5.89. The number of carbonyl (C=O) groups is 1. The molecule has 1 rings (SSSR count). The minimum atomic E-state index is 0.156. The van der Waals surface area contributed by atoms with Gasteiger partial charge in [-0.3, -0.25) is 4.79 Å². The van der Waals surface area contributed by atoms with Crippen LogP contribution in [-0.2, 0) is 9.53 Å². The maximum absolute atomic E-state index is 12.3. The van der Waals surface area contributed by atoms with Crippen LogP contribution in [0.1, 0.15) is 52.9 Å². The van der Waals surface area contributed by atoms with Gasteiger partial charge in [-0.1, -0.05) is 13.8 Å². The number of amides is 1. The molecule has 1 amide bonds. The third-order valence-corrected chi connectivity index (χ3v) is 5.10. The molecule has 0 radical (unpaired) electrons. The van der Waals surface area contributed by atoms with Crippen molar-refractivity contribution in [3.63, 3.8) is 0 Å². The van der Waals surface area contributed by atoms with Crippen molar-refractivity contribution >= 4 is 5.91 Å². The van der Waals surface area contributed by atoms with Crippen LogP contribution in [0.5, 0.6) is 0 Å². The Morgan fingerprint density at radius 1 is 1.35 bits per heavy atom. The van der Waals surface area contributed by atoms with Gasteiger partial charge in [0.25, 0.3) is 0 Å². The van der Waals surface area contributed by atoms with Gasteiger partial charge in [0.05, 0.1) is 6.10 Å². The predicted octanol–water partition coefficient (Wildman–Crippen LogP) is 2.43. The molecule has 1 aliphatic carbocycles. The van der Waals surface area contributed by atoms with Crippen molar-refractivity contribution < 1.29 is 9.53 Å². The zero-order chi connectivity index (χ0) is 15.2. The molecule has 4 heteroatoms. The molecule has 0 spiro atoms. The van der Waals surface area contributed by atoms with Gasteiger partial charge in [0.15, 0.2) is 0 Å². The largest absolute Gasteiger partial charge is 0.378 e. The number of hydrogen-bond donors (Lipinski definition) is 1. The number of ether oxygens (including phenoxy) is 1. The number of nitrogens with zero attached hydrogens (tertiary/aromatic N) is 1. The molecule has 1 fully saturated rings. The molecule has 2 unspecified atom stereocenters. The topological polar surface area (TPSA) is 41.6 Å². The van der Waals surface area contributed by atoms with Crippen molar-refractivity contribution in [3.8, 4) is 0 Å². The molecule has 0 aromatic carbocycles. The summed E-state index contributed by atoms with van der Waals surface area (Å²) in [6.45, 7) is 8.16. The van der Waals surface area contributed by atoms with E-state index in [0.717, 1.165) is 38.8 Å². The molecular formula is C16H32N2O2. The molecule has 0 aromatic heterocycles. The van der Waals surface area contributed by atoms with Crippen LogP contribution in [0.15, 0.2) is 0 Å². The smallest absolute Gasteiger partial charge is 0.222 e. The molecule has 0 heterocycles. The van der Waals surface area contributed by atoms with Crippen molar-refractivity contribution in [2.24, 2.45) is 5.41 Å². The van der Waals surface area contributed by atoms with E-state index in [9.17, 15) is 4.79 Å². The molecule has 1 N–H and O–H groups in total. The van der Waals surface area contributed by atoms with Gasteiger partial charge in [0.1, 0.15) is 0 Å². The van der Waals surface area contributed by atoms with Gasteiger partial charge in [-0.15, -0.1) is 0 Å². The fourth-order valence-corrected chi connectivity index (χ4v) is 3.65. The Hall–Kier alpha value is -0.610. The van der Waals surface area contributed by atoms with Crippen molar-refractivity contribution in [2.45, 2.75) is 65.0 Å². The Balaban J connectivity index is 2.63. The van der Waals surface area contributed by atoms with Crippen LogP contribution in [0.25, 0.3) is 0 Å². The number of nitrogens with one attached hydrogen (secondary N) is 1. The van der Waals surface area contributed by atoms with Gasteiger partial charge in [0.2, 0.25) is 5.91 Å². The van der Waals surface area contributed by atoms with E-state index in [1.54, 1.807) is 0 Å². The summed E-state index contributed by atoms with van der Waals surface area (Å²) in [5.41, 5.74) is 0.156. The first-order valence-corrected chi connectivity index (χ1v) is 8.09. The lowest BCUT2D eigenvalue weighted by Crippen LogP contribution is -2.64. The van der Waals surface area contributed by atoms with Crippen LogP contribution in [-0.4, -0.2) is 50.2 Å². The molecule has 0 aliphatic heterocycles. The van der Waals surface area contributed by atoms with Crippen molar-refractivity contribution in [1.82, 2.24) is 10.2 Å². The Morgan fingerprint density at radius 2 is 2.00 bits per heavy atom. The molecule has 0 bridgehead atoms. The second-order valence-corrected chi connectivity index (χ2v) is 5.85. The Morgan fingerprint density at radius 3 is 2.50 bits per heavy atom. The molecule has 1 aliphatic rings. The SMILES string of the molecule is CCOC1CC(N(C)C(=O)CCCNC)C1(CC)CC. The highest BCUT2D eigenvalue weighted by molar-refractivity contribution is 5.76. The molecule has 118 valence electrons. The van der Waals surface area contributed by atoms with E-state index in [0.29, 0.717) is 18.6 Å². The van der Waals surface area contributed by atoms with Gasteiger partial charge in [-0.25, -0.2) is 0 Å². The summed E-state index contributed by atoms with van der Waals surface area (Å²) in [6, 6.07) is 0.344. The maximum Gasteiger partial charge on any atom is 0.222 e. The number of carbonyl (C=O) groups excluding carboxylic acids is 1. The summed E-state index contributed by atoms with van der Waals surface area (Å²) in [7, 11) is 3.89. The normalized spacial score (nSPS) is 24.2. The molecule has 0 saturated heterocycles. The fourth-order valence-electron chi connectivity index (χ4n) is 3.65. The maximum atomic E-state index is 12.3. The molecule has 2 atom stereocenters. The highest BCUT2D eigenvalue weighted by atomic mass is 16.5. The highest BCUT2D eigenvalue weighted by Crippen LogP contribution is 2.51. The Labute approximate surface area is 124 Å². The average Bonchev–Trinajstić information content (AvgIpc) is 2.44. The molecule has 0 aromatic rings. The molecule has 4 nitrogen and oxygen atoms in total. The van der Waals surface area contributed by atoms with Gasteiger partial charge in [-0.2, -0.15) is 0 Å². The Kier molecular flexibility index (Phi) is 6.96. The Bertz CT molecular complexity index is 303. The second-order valence-electron chi connectivity index (χ2n) is 5.85. The van der Waals surface area contributed by atoms with Crippen LogP contribution in [0.2, 0.25) is 0 Å². The minimum Gasteiger partial charge on any atom is -0.378 e. The van der Waals surface area contributed by atoms with E-state index in [-0.39, 0.29) is 11.3 Å². The van der Waals surface area contributed by atoms with Gasteiger partial charge in [0, 0.05) is 31.5 Å². The zero-order valence-electron chi connectivity index (χ0n) is 13.9. The highest BCUT2D eigenvalue weighted by Gasteiger charge is 2.55. The van der Waals surface area contributed by atoms with Crippen LogP contribution in [0, 0.1) is 5.41 Å². The third kappa shape index (κ3) is 3.34. The summed E-state index contributed by atoms with van der Waals surface area (Å²) in [6.07, 6.45) is 5.01. The van der Waals surface area contributed by atoms with Crippen LogP contribution < -0.4 is 5.32 Å². The third-order valence-electron chi connectivity index (χ3n) is 5.10. The fraction of sp³-hybridized carbons (Fsp3) is 0.938. The van der Waals surface area contributed by atoms with E-state index in [1.807, 2.05) is 19.0 Å². The monoisotopic (exact) mass is 284 g/mol. The first kappa shape index (κ1) is 17.4.